The van der Waals surface area contributed by atoms with Crippen molar-refractivity contribution >= 4 is 11.9 Å². The van der Waals surface area contributed by atoms with E-state index in [1.807, 2.05) is 31.2 Å². The van der Waals surface area contributed by atoms with Gasteiger partial charge in [0.15, 0.2) is 18.1 Å². The van der Waals surface area contributed by atoms with E-state index in [4.69, 9.17) is 18.9 Å². The normalized spacial score (nSPS) is 11.3. The maximum absolute atomic E-state index is 12.3. The van der Waals surface area contributed by atoms with Gasteiger partial charge in [-0.05, 0) is 36.8 Å². The first-order valence-corrected chi connectivity index (χ1v) is 8.31. The molecule has 1 N–H and O–H groups in total. The molecule has 7 heteroatoms. The molecule has 0 aromatic heterocycles. The minimum Gasteiger partial charge on any atom is -0.497 e. The number of methoxy groups -OCH3 is 3. The topological polar surface area (TPSA) is 83.1 Å². The van der Waals surface area contributed by atoms with Gasteiger partial charge < -0.3 is 24.3 Å². The van der Waals surface area contributed by atoms with Crippen LogP contribution in [-0.2, 0) is 9.53 Å². The summed E-state index contributed by atoms with van der Waals surface area (Å²) in [5.74, 6) is 0.277. The summed E-state index contributed by atoms with van der Waals surface area (Å²) in [4.78, 5) is 24.4. The van der Waals surface area contributed by atoms with Crippen LogP contribution in [0.4, 0.5) is 0 Å². The third kappa shape index (κ3) is 5.13. The molecule has 0 aliphatic rings. The second-order valence-corrected chi connectivity index (χ2v) is 5.68. The van der Waals surface area contributed by atoms with Crippen molar-refractivity contribution in [2.45, 2.75) is 13.0 Å². The van der Waals surface area contributed by atoms with E-state index >= 15 is 0 Å². The summed E-state index contributed by atoms with van der Waals surface area (Å²) in [5, 5.41) is 2.78. The average molecular weight is 373 g/mol. The van der Waals surface area contributed by atoms with Gasteiger partial charge in [-0.1, -0.05) is 18.2 Å². The second kappa shape index (κ2) is 9.47. The predicted molar refractivity (Wildman–Crippen MR) is 99.4 cm³/mol. The minimum atomic E-state index is -0.671. The fraction of sp³-hybridized carbons (Fsp3) is 0.300. The molecule has 144 valence electrons. The molecule has 7 nitrogen and oxygen atoms in total. The Morgan fingerprint density at radius 3 is 2.41 bits per heavy atom. The Balaban J connectivity index is 1.96. The van der Waals surface area contributed by atoms with Crippen LogP contribution in [0.2, 0.25) is 0 Å². The van der Waals surface area contributed by atoms with Crippen molar-refractivity contribution in [3.8, 4) is 17.2 Å². The number of carbonyl (C=O) groups excluding carboxylic acids is 2. The van der Waals surface area contributed by atoms with E-state index in [0.29, 0.717) is 11.5 Å². The molecule has 0 saturated carbocycles. The van der Waals surface area contributed by atoms with Crippen LogP contribution >= 0.6 is 0 Å². The van der Waals surface area contributed by atoms with Crippen LogP contribution in [0.15, 0.2) is 42.5 Å². The highest BCUT2D eigenvalue weighted by Gasteiger charge is 2.19. The molecule has 0 bridgehead atoms. The Hall–Kier alpha value is -3.22. The molecule has 1 atom stereocenters. The van der Waals surface area contributed by atoms with Gasteiger partial charge in [0.1, 0.15) is 11.3 Å². The molecular formula is C20H23NO6. The van der Waals surface area contributed by atoms with Crippen molar-refractivity contribution in [3.63, 3.8) is 0 Å². The van der Waals surface area contributed by atoms with Crippen LogP contribution in [-0.4, -0.2) is 39.8 Å². The van der Waals surface area contributed by atoms with Crippen molar-refractivity contribution < 1.29 is 28.5 Å². The molecule has 0 radical (unpaired) electrons. The summed E-state index contributed by atoms with van der Waals surface area (Å²) in [7, 11) is 4.48. The molecule has 2 aromatic rings. The van der Waals surface area contributed by atoms with Gasteiger partial charge in [0.05, 0.1) is 27.4 Å². The lowest BCUT2D eigenvalue weighted by Crippen LogP contribution is -2.31. The van der Waals surface area contributed by atoms with Gasteiger partial charge in [-0.25, -0.2) is 4.79 Å². The van der Waals surface area contributed by atoms with E-state index < -0.39 is 18.5 Å². The van der Waals surface area contributed by atoms with Crippen LogP contribution < -0.4 is 19.5 Å². The van der Waals surface area contributed by atoms with Gasteiger partial charge in [-0.3, -0.25) is 4.79 Å². The number of hydrogen-bond donors (Lipinski definition) is 1. The number of ether oxygens (including phenoxy) is 4. The first kappa shape index (κ1) is 20.1. The molecular weight excluding hydrogens is 350 g/mol. The number of para-hydroxylation sites is 1. The zero-order valence-corrected chi connectivity index (χ0v) is 15.8. The molecule has 0 heterocycles. The fourth-order valence-corrected chi connectivity index (χ4v) is 2.53. The highest BCUT2D eigenvalue weighted by atomic mass is 16.5. The van der Waals surface area contributed by atoms with E-state index in [0.717, 1.165) is 5.56 Å². The standard InChI is InChI=1S/C20H23NO6/c1-13(14-7-5-8-15(11-14)24-2)21-18(22)12-27-20(23)16-9-6-10-17(25-3)19(16)26-4/h5-11,13H,12H2,1-4H3,(H,21,22)/t13-/m0/s1. The van der Waals surface area contributed by atoms with Gasteiger partial charge in [0, 0.05) is 0 Å². The Morgan fingerprint density at radius 2 is 1.74 bits per heavy atom. The van der Waals surface area contributed by atoms with Crippen molar-refractivity contribution in [2.75, 3.05) is 27.9 Å². The maximum atomic E-state index is 12.3. The van der Waals surface area contributed by atoms with Gasteiger partial charge in [-0.2, -0.15) is 0 Å². The third-order valence-corrected chi connectivity index (χ3v) is 3.93. The quantitative estimate of drug-likeness (QED) is 0.717. The Bertz CT molecular complexity index is 805. The van der Waals surface area contributed by atoms with Crippen molar-refractivity contribution in [3.05, 3.63) is 53.6 Å². The molecule has 1 amide bonds. The van der Waals surface area contributed by atoms with Gasteiger partial charge >= 0.3 is 5.97 Å². The lowest BCUT2D eigenvalue weighted by Gasteiger charge is -2.16. The molecule has 0 spiro atoms. The number of esters is 1. The number of hydrogen-bond acceptors (Lipinski definition) is 6. The Labute approximate surface area is 158 Å². The summed E-state index contributed by atoms with van der Waals surface area (Å²) in [6.45, 7) is 1.42. The van der Waals surface area contributed by atoms with E-state index in [-0.39, 0.29) is 17.4 Å². The van der Waals surface area contributed by atoms with E-state index in [9.17, 15) is 9.59 Å². The van der Waals surface area contributed by atoms with Crippen molar-refractivity contribution in [1.29, 1.82) is 0 Å². The molecule has 2 rings (SSSR count). The fourth-order valence-electron chi connectivity index (χ4n) is 2.53. The monoisotopic (exact) mass is 373 g/mol. The maximum Gasteiger partial charge on any atom is 0.342 e. The van der Waals surface area contributed by atoms with Crippen molar-refractivity contribution in [1.82, 2.24) is 5.32 Å². The lowest BCUT2D eigenvalue weighted by molar-refractivity contribution is -0.124. The van der Waals surface area contributed by atoms with Crippen LogP contribution in [0.25, 0.3) is 0 Å². The average Bonchev–Trinajstić information content (AvgIpc) is 2.71. The molecule has 0 unspecified atom stereocenters. The number of benzene rings is 2. The molecule has 0 aliphatic carbocycles. The minimum absolute atomic E-state index is 0.186. The van der Waals surface area contributed by atoms with Crippen LogP contribution in [0, 0.1) is 0 Å². The second-order valence-electron chi connectivity index (χ2n) is 5.68. The smallest absolute Gasteiger partial charge is 0.342 e. The first-order chi connectivity index (χ1) is 13.0. The third-order valence-electron chi connectivity index (χ3n) is 3.93. The van der Waals surface area contributed by atoms with Crippen LogP contribution in [0.3, 0.4) is 0 Å². The molecule has 27 heavy (non-hydrogen) atoms. The van der Waals surface area contributed by atoms with Crippen LogP contribution in [0.1, 0.15) is 28.9 Å². The molecule has 2 aromatic carbocycles. The molecule has 0 aliphatic heterocycles. The summed E-state index contributed by atoms with van der Waals surface area (Å²) < 4.78 is 20.6. The zero-order chi connectivity index (χ0) is 19.8. The zero-order valence-electron chi connectivity index (χ0n) is 15.8. The summed E-state index contributed by atoms with van der Waals surface area (Å²) in [6.07, 6.45) is 0. The largest absolute Gasteiger partial charge is 0.497 e. The molecule has 0 fully saturated rings. The summed E-state index contributed by atoms with van der Waals surface area (Å²) in [6, 6.07) is 11.9. The number of rotatable bonds is 8. The number of carbonyl (C=O) groups is 2. The van der Waals surface area contributed by atoms with Gasteiger partial charge in [-0.15, -0.1) is 0 Å². The molecule has 0 saturated heterocycles. The number of nitrogens with one attached hydrogen (secondary N) is 1. The first-order valence-electron chi connectivity index (χ1n) is 8.31. The number of amides is 1. The van der Waals surface area contributed by atoms with Crippen LogP contribution in [0.5, 0.6) is 17.2 Å². The Kier molecular flexibility index (Phi) is 7.05. The van der Waals surface area contributed by atoms with Gasteiger partial charge in [0.25, 0.3) is 5.91 Å². The highest BCUT2D eigenvalue weighted by molar-refractivity contribution is 5.95. The highest BCUT2D eigenvalue weighted by Crippen LogP contribution is 2.31. The SMILES string of the molecule is COc1cccc([C@H](C)NC(=O)COC(=O)c2cccc(OC)c2OC)c1. The predicted octanol–water partition coefficient (Wildman–Crippen LogP) is 2.75. The van der Waals surface area contributed by atoms with E-state index in [1.54, 1.807) is 25.3 Å². The summed E-state index contributed by atoms with van der Waals surface area (Å²) >= 11 is 0. The lowest BCUT2D eigenvalue weighted by atomic mass is 10.1. The van der Waals surface area contributed by atoms with Crippen molar-refractivity contribution in [2.24, 2.45) is 0 Å². The summed E-state index contributed by atoms with van der Waals surface area (Å²) in [5.41, 5.74) is 1.06. The van der Waals surface area contributed by atoms with E-state index in [1.165, 1.54) is 14.2 Å². The Morgan fingerprint density at radius 1 is 1.00 bits per heavy atom. The van der Waals surface area contributed by atoms with Gasteiger partial charge in [0.2, 0.25) is 0 Å². The van der Waals surface area contributed by atoms with E-state index in [2.05, 4.69) is 5.32 Å².